The van der Waals surface area contributed by atoms with E-state index in [0.717, 1.165) is 39.7 Å². The van der Waals surface area contributed by atoms with Crippen LogP contribution in [0.3, 0.4) is 0 Å². The van der Waals surface area contributed by atoms with E-state index in [2.05, 4.69) is 34.3 Å². The van der Waals surface area contributed by atoms with Crippen molar-refractivity contribution >= 4 is 5.82 Å². The molecule has 0 bridgehead atoms. The first-order valence-corrected chi connectivity index (χ1v) is 8.91. The number of ether oxygens (including phenoxy) is 2. The van der Waals surface area contributed by atoms with Crippen molar-refractivity contribution in [3.63, 3.8) is 0 Å². The van der Waals surface area contributed by atoms with E-state index in [4.69, 9.17) is 9.47 Å². The highest BCUT2D eigenvalue weighted by atomic mass is 16.5. The molecule has 5 nitrogen and oxygen atoms in total. The predicted molar refractivity (Wildman–Crippen MR) is 109 cm³/mol. The largest absolute Gasteiger partial charge is 0.497 e. The highest BCUT2D eigenvalue weighted by Gasteiger charge is 2.11. The van der Waals surface area contributed by atoms with Crippen LogP contribution in [0.5, 0.6) is 11.5 Å². The van der Waals surface area contributed by atoms with E-state index in [-0.39, 0.29) is 6.04 Å². The molecule has 140 valence electrons. The van der Waals surface area contributed by atoms with Gasteiger partial charge in [0.25, 0.3) is 0 Å². The molecule has 0 radical (unpaired) electrons. The summed E-state index contributed by atoms with van der Waals surface area (Å²) in [6, 6.07) is 16.2. The Hall–Kier alpha value is -3.08. The number of aromatic nitrogens is 2. The average molecular weight is 363 g/mol. The molecule has 27 heavy (non-hydrogen) atoms. The van der Waals surface area contributed by atoms with Crippen LogP contribution in [-0.4, -0.2) is 24.2 Å². The lowest BCUT2D eigenvalue weighted by atomic mass is 10.1. The molecule has 0 aliphatic heterocycles. The van der Waals surface area contributed by atoms with Crippen LogP contribution in [0, 0.1) is 13.8 Å². The second kappa shape index (κ2) is 8.08. The molecule has 0 spiro atoms. The van der Waals surface area contributed by atoms with E-state index in [1.807, 2.05) is 50.2 Å². The lowest BCUT2D eigenvalue weighted by molar-refractivity contribution is 0.412. The minimum absolute atomic E-state index is 0.0785. The summed E-state index contributed by atoms with van der Waals surface area (Å²) in [5, 5.41) is 3.46. The summed E-state index contributed by atoms with van der Waals surface area (Å²) in [5.74, 6) is 3.19. The van der Waals surface area contributed by atoms with Crippen LogP contribution < -0.4 is 14.8 Å². The summed E-state index contributed by atoms with van der Waals surface area (Å²) < 4.78 is 10.8. The zero-order chi connectivity index (χ0) is 19.4. The fourth-order valence-electron chi connectivity index (χ4n) is 2.98. The van der Waals surface area contributed by atoms with Gasteiger partial charge in [0.2, 0.25) is 0 Å². The number of rotatable bonds is 6. The number of hydrogen-bond acceptors (Lipinski definition) is 5. The van der Waals surface area contributed by atoms with Crippen LogP contribution in [0.15, 0.2) is 48.5 Å². The molecule has 5 heteroatoms. The van der Waals surface area contributed by atoms with Gasteiger partial charge >= 0.3 is 0 Å². The Morgan fingerprint density at radius 2 is 1.74 bits per heavy atom. The van der Waals surface area contributed by atoms with Crippen LogP contribution in [0.2, 0.25) is 0 Å². The molecule has 0 amide bonds. The lowest BCUT2D eigenvalue weighted by Crippen LogP contribution is -2.09. The normalized spacial score (nSPS) is 11.7. The van der Waals surface area contributed by atoms with E-state index < -0.39 is 0 Å². The number of methoxy groups -OCH3 is 2. The zero-order valence-corrected chi connectivity index (χ0v) is 16.4. The van der Waals surface area contributed by atoms with Crippen molar-refractivity contribution in [2.45, 2.75) is 26.8 Å². The highest BCUT2D eigenvalue weighted by Crippen LogP contribution is 2.28. The topological polar surface area (TPSA) is 56.3 Å². The summed E-state index contributed by atoms with van der Waals surface area (Å²) in [6.07, 6.45) is 0. The van der Waals surface area contributed by atoms with Gasteiger partial charge < -0.3 is 14.8 Å². The van der Waals surface area contributed by atoms with E-state index >= 15 is 0 Å². The van der Waals surface area contributed by atoms with E-state index in [0.29, 0.717) is 5.82 Å². The molecular formula is C22H25N3O2. The molecule has 0 saturated heterocycles. The van der Waals surface area contributed by atoms with Gasteiger partial charge in [0, 0.05) is 11.6 Å². The quantitative estimate of drug-likeness (QED) is 0.671. The molecule has 3 rings (SSSR count). The first kappa shape index (κ1) is 18.7. The molecule has 0 fully saturated rings. The third-order valence-corrected chi connectivity index (χ3v) is 4.50. The molecule has 2 aromatic carbocycles. The first-order valence-electron chi connectivity index (χ1n) is 8.91. The highest BCUT2D eigenvalue weighted by molar-refractivity contribution is 5.65. The van der Waals surface area contributed by atoms with Gasteiger partial charge in [-0.1, -0.05) is 24.3 Å². The molecule has 0 aliphatic rings. The molecule has 0 aliphatic carbocycles. The van der Waals surface area contributed by atoms with E-state index in [1.54, 1.807) is 14.2 Å². The molecule has 1 aromatic heterocycles. The van der Waals surface area contributed by atoms with Crippen LogP contribution >= 0.6 is 0 Å². The van der Waals surface area contributed by atoms with Crippen molar-refractivity contribution in [2.75, 3.05) is 19.5 Å². The maximum absolute atomic E-state index is 5.44. The Morgan fingerprint density at radius 1 is 0.926 bits per heavy atom. The number of nitrogens with zero attached hydrogens (tertiary/aromatic N) is 2. The third-order valence-electron chi connectivity index (χ3n) is 4.50. The Morgan fingerprint density at radius 3 is 2.48 bits per heavy atom. The standard InChI is InChI=1S/C22H25N3O2/c1-14-9-10-18(12-21(14)27-5)20-13-22(25-16(3)24-20)23-15(2)17-7-6-8-19(11-17)26-4/h6-13,15H,1-5H3,(H,23,24,25)/t15-/m0/s1. The second-order valence-corrected chi connectivity index (χ2v) is 6.51. The maximum Gasteiger partial charge on any atom is 0.130 e. The summed E-state index contributed by atoms with van der Waals surface area (Å²) in [6.45, 7) is 6.02. The summed E-state index contributed by atoms with van der Waals surface area (Å²) in [7, 11) is 3.35. The lowest BCUT2D eigenvalue weighted by Gasteiger charge is -2.17. The van der Waals surface area contributed by atoms with Crippen LogP contribution in [0.4, 0.5) is 5.82 Å². The van der Waals surface area contributed by atoms with Crippen molar-refractivity contribution in [1.29, 1.82) is 0 Å². The van der Waals surface area contributed by atoms with Gasteiger partial charge in [-0.25, -0.2) is 9.97 Å². The van der Waals surface area contributed by atoms with Gasteiger partial charge in [-0.3, -0.25) is 0 Å². The number of hydrogen-bond donors (Lipinski definition) is 1. The molecule has 1 heterocycles. The van der Waals surface area contributed by atoms with Crippen LogP contribution in [-0.2, 0) is 0 Å². The zero-order valence-electron chi connectivity index (χ0n) is 16.4. The van der Waals surface area contributed by atoms with Crippen molar-refractivity contribution in [2.24, 2.45) is 0 Å². The average Bonchev–Trinajstić information content (AvgIpc) is 2.68. The van der Waals surface area contributed by atoms with Gasteiger partial charge in [0.05, 0.1) is 26.0 Å². The van der Waals surface area contributed by atoms with Crippen molar-refractivity contribution in [1.82, 2.24) is 9.97 Å². The number of anilines is 1. The fraction of sp³-hybridized carbons (Fsp3) is 0.273. The Kier molecular flexibility index (Phi) is 5.60. The Bertz CT molecular complexity index is 941. The molecule has 0 saturated carbocycles. The molecular weight excluding hydrogens is 338 g/mol. The van der Waals surface area contributed by atoms with Gasteiger partial charge in [-0.15, -0.1) is 0 Å². The minimum Gasteiger partial charge on any atom is -0.497 e. The SMILES string of the molecule is COc1cccc([C@H](C)Nc2cc(-c3ccc(C)c(OC)c3)nc(C)n2)c1. The minimum atomic E-state index is 0.0785. The Labute approximate surface area is 160 Å². The van der Waals surface area contributed by atoms with Crippen LogP contribution in [0.25, 0.3) is 11.3 Å². The number of benzene rings is 2. The summed E-state index contributed by atoms with van der Waals surface area (Å²) in [4.78, 5) is 9.13. The summed E-state index contributed by atoms with van der Waals surface area (Å²) >= 11 is 0. The third kappa shape index (κ3) is 4.37. The van der Waals surface area contributed by atoms with Crippen molar-refractivity contribution in [3.8, 4) is 22.8 Å². The molecule has 3 aromatic rings. The predicted octanol–water partition coefficient (Wildman–Crippen LogP) is 4.95. The van der Waals surface area contributed by atoms with Gasteiger partial charge in [-0.05, 0) is 50.1 Å². The number of nitrogens with one attached hydrogen (secondary N) is 1. The smallest absolute Gasteiger partial charge is 0.130 e. The van der Waals surface area contributed by atoms with Gasteiger partial charge in [0.15, 0.2) is 0 Å². The number of aryl methyl sites for hydroxylation is 2. The fourth-order valence-corrected chi connectivity index (χ4v) is 2.98. The van der Waals surface area contributed by atoms with E-state index in [1.165, 1.54) is 0 Å². The molecule has 1 N–H and O–H groups in total. The molecule has 1 atom stereocenters. The maximum atomic E-state index is 5.44. The Balaban J connectivity index is 1.89. The second-order valence-electron chi connectivity index (χ2n) is 6.51. The van der Waals surface area contributed by atoms with Crippen molar-refractivity contribution < 1.29 is 9.47 Å². The van der Waals surface area contributed by atoms with Crippen LogP contribution in [0.1, 0.15) is 29.9 Å². The monoisotopic (exact) mass is 363 g/mol. The van der Waals surface area contributed by atoms with Crippen molar-refractivity contribution in [3.05, 3.63) is 65.5 Å². The van der Waals surface area contributed by atoms with Gasteiger partial charge in [-0.2, -0.15) is 0 Å². The first-order chi connectivity index (χ1) is 13.0. The summed E-state index contributed by atoms with van der Waals surface area (Å²) in [5.41, 5.74) is 4.09. The van der Waals surface area contributed by atoms with E-state index in [9.17, 15) is 0 Å². The molecule has 0 unspecified atom stereocenters. The van der Waals surface area contributed by atoms with Gasteiger partial charge in [0.1, 0.15) is 23.1 Å².